The van der Waals surface area contributed by atoms with Crippen LogP contribution >= 0.6 is 0 Å². The van der Waals surface area contributed by atoms with Gasteiger partial charge in [-0.3, -0.25) is 4.79 Å². The minimum Gasteiger partial charge on any atom is -0.493 e. The highest BCUT2D eigenvalue weighted by molar-refractivity contribution is 6.07. The van der Waals surface area contributed by atoms with Gasteiger partial charge in [0.2, 0.25) is 0 Å². The number of methoxy groups -OCH3 is 2. The van der Waals surface area contributed by atoms with Gasteiger partial charge in [0.15, 0.2) is 17.3 Å². The molecule has 0 saturated carbocycles. The van der Waals surface area contributed by atoms with Crippen molar-refractivity contribution in [3.05, 3.63) is 65.2 Å². The zero-order chi connectivity index (χ0) is 18.7. The third-order valence-electron chi connectivity index (χ3n) is 4.17. The van der Waals surface area contributed by atoms with Crippen molar-refractivity contribution in [2.24, 2.45) is 0 Å². The first kappa shape index (κ1) is 17.8. The van der Waals surface area contributed by atoms with E-state index in [0.717, 1.165) is 16.9 Å². The summed E-state index contributed by atoms with van der Waals surface area (Å²) in [5.41, 5.74) is 2.06. The molecule has 4 heteroatoms. The van der Waals surface area contributed by atoms with E-state index in [2.05, 4.69) is 0 Å². The van der Waals surface area contributed by atoms with Gasteiger partial charge in [-0.25, -0.2) is 0 Å². The second-order valence-corrected chi connectivity index (χ2v) is 6.60. The SMILES string of the molecule is COc1ccc(C=CC(=O)c2ccc3c(c2)C=CC(C)(C)O3)cc1OC. The summed E-state index contributed by atoms with van der Waals surface area (Å²) in [6.45, 7) is 3.99. The van der Waals surface area contributed by atoms with Gasteiger partial charge in [0.1, 0.15) is 11.4 Å². The van der Waals surface area contributed by atoms with Gasteiger partial charge in [0.25, 0.3) is 0 Å². The van der Waals surface area contributed by atoms with Gasteiger partial charge in [0, 0.05) is 11.1 Å². The lowest BCUT2D eigenvalue weighted by atomic mass is 9.99. The van der Waals surface area contributed by atoms with Gasteiger partial charge >= 0.3 is 0 Å². The molecular formula is C22H22O4. The molecule has 0 amide bonds. The lowest BCUT2D eigenvalue weighted by Gasteiger charge is -2.27. The standard InChI is InChI=1S/C22H22O4/c1-22(2)12-11-17-14-16(7-10-19(17)26-22)18(23)8-5-15-6-9-20(24-3)21(13-15)25-4/h5-14H,1-4H3. The summed E-state index contributed by atoms with van der Waals surface area (Å²) >= 11 is 0. The van der Waals surface area contributed by atoms with Crippen molar-refractivity contribution in [2.75, 3.05) is 14.2 Å². The van der Waals surface area contributed by atoms with Crippen LogP contribution in [0.3, 0.4) is 0 Å². The van der Waals surface area contributed by atoms with Gasteiger partial charge in [0.05, 0.1) is 14.2 Å². The van der Waals surface area contributed by atoms with Crippen LogP contribution < -0.4 is 14.2 Å². The molecule has 2 aromatic rings. The summed E-state index contributed by atoms with van der Waals surface area (Å²) in [6, 6.07) is 11.0. The summed E-state index contributed by atoms with van der Waals surface area (Å²) < 4.78 is 16.4. The van der Waals surface area contributed by atoms with E-state index in [4.69, 9.17) is 14.2 Å². The fourth-order valence-corrected chi connectivity index (χ4v) is 2.76. The van der Waals surface area contributed by atoms with Crippen LogP contribution in [0.1, 0.15) is 35.3 Å². The molecule has 0 spiro atoms. The molecule has 4 nitrogen and oxygen atoms in total. The van der Waals surface area contributed by atoms with Gasteiger partial charge < -0.3 is 14.2 Å². The first-order valence-corrected chi connectivity index (χ1v) is 8.38. The number of allylic oxidation sites excluding steroid dienone is 1. The average Bonchev–Trinajstić information content (AvgIpc) is 2.64. The normalized spacial score (nSPS) is 14.6. The summed E-state index contributed by atoms with van der Waals surface area (Å²) in [5.74, 6) is 2.00. The van der Waals surface area contributed by atoms with Crippen LogP contribution in [-0.4, -0.2) is 25.6 Å². The van der Waals surface area contributed by atoms with E-state index in [0.29, 0.717) is 17.1 Å². The average molecular weight is 350 g/mol. The Bertz CT molecular complexity index is 891. The zero-order valence-corrected chi connectivity index (χ0v) is 15.4. The molecule has 0 aromatic heterocycles. The first-order valence-electron chi connectivity index (χ1n) is 8.38. The molecule has 0 fully saturated rings. The molecule has 0 N–H and O–H groups in total. The number of ketones is 1. The Morgan fingerprint density at radius 3 is 2.54 bits per heavy atom. The first-order chi connectivity index (χ1) is 12.4. The van der Waals surface area contributed by atoms with E-state index in [1.54, 1.807) is 32.4 Å². The number of ether oxygens (including phenoxy) is 3. The summed E-state index contributed by atoms with van der Waals surface area (Å²) in [7, 11) is 3.17. The number of rotatable bonds is 5. The van der Waals surface area contributed by atoms with Crippen LogP contribution in [0.15, 0.2) is 48.6 Å². The molecule has 1 aliphatic heterocycles. The minimum atomic E-state index is -0.328. The van der Waals surface area contributed by atoms with E-state index < -0.39 is 0 Å². The van der Waals surface area contributed by atoms with E-state index in [9.17, 15) is 4.79 Å². The Morgan fingerprint density at radius 1 is 1.04 bits per heavy atom. The summed E-state index contributed by atoms with van der Waals surface area (Å²) in [4.78, 5) is 12.5. The smallest absolute Gasteiger partial charge is 0.185 e. The Balaban J connectivity index is 1.79. The highest BCUT2D eigenvalue weighted by atomic mass is 16.5. The van der Waals surface area contributed by atoms with Crippen LogP contribution in [0.5, 0.6) is 17.2 Å². The van der Waals surface area contributed by atoms with E-state index in [1.165, 1.54) is 0 Å². The Hall–Kier alpha value is -3.01. The largest absolute Gasteiger partial charge is 0.493 e. The van der Waals surface area contributed by atoms with Gasteiger partial charge in [-0.1, -0.05) is 18.2 Å². The van der Waals surface area contributed by atoms with Crippen molar-refractivity contribution in [1.29, 1.82) is 0 Å². The maximum Gasteiger partial charge on any atom is 0.185 e. The summed E-state index contributed by atoms with van der Waals surface area (Å²) in [6.07, 6.45) is 7.30. The Labute approximate surface area is 153 Å². The topological polar surface area (TPSA) is 44.8 Å². The number of benzene rings is 2. The zero-order valence-electron chi connectivity index (χ0n) is 15.4. The molecule has 0 unspecified atom stereocenters. The second kappa shape index (κ2) is 7.08. The maximum atomic E-state index is 12.5. The fourth-order valence-electron chi connectivity index (χ4n) is 2.76. The number of hydrogen-bond donors (Lipinski definition) is 0. The molecule has 3 rings (SSSR count). The van der Waals surface area contributed by atoms with Crippen molar-refractivity contribution >= 4 is 17.9 Å². The third-order valence-corrected chi connectivity index (χ3v) is 4.17. The molecule has 1 heterocycles. The van der Waals surface area contributed by atoms with E-state index in [1.807, 2.05) is 56.3 Å². The van der Waals surface area contributed by atoms with Crippen LogP contribution in [0, 0.1) is 0 Å². The molecule has 0 radical (unpaired) electrons. The molecule has 0 aliphatic carbocycles. The molecule has 26 heavy (non-hydrogen) atoms. The van der Waals surface area contributed by atoms with Crippen LogP contribution in [-0.2, 0) is 0 Å². The number of hydrogen-bond acceptors (Lipinski definition) is 4. The van der Waals surface area contributed by atoms with Crippen molar-refractivity contribution in [3.63, 3.8) is 0 Å². The van der Waals surface area contributed by atoms with Gasteiger partial charge in [-0.2, -0.15) is 0 Å². The lowest BCUT2D eigenvalue weighted by molar-refractivity contribution is 0.104. The number of carbonyl (C=O) groups excluding carboxylic acids is 1. The van der Waals surface area contributed by atoms with Crippen molar-refractivity contribution in [3.8, 4) is 17.2 Å². The second-order valence-electron chi connectivity index (χ2n) is 6.60. The van der Waals surface area contributed by atoms with Crippen LogP contribution in [0.2, 0.25) is 0 Å². The molecular weight excluding hydrogens is 328 g/mol. The highest BCUT2D eigenvalue weighted by Gasteiger charge is 2.21. The summed E-state index contributed by atoms with van der Waals surface area (Å²) in [5, 5.41) is 0. The maximum absolute atomic E-state index is 12.5. The van der Waals surface area contributed by atoms with E-state index in [-0.39, 0.29) is 11.4 Å². The van der Waals surface area contributed by atoms with Crippen molar-refractivity contribution < 1.29 is 19.0 Å². The van der Waals surface area contributed by atoms with Crippen LogP contribution in [0.4, 0.5) is 0 Å². The van der Waals surface area contributed by atoms with Gasteiger partial charge in [-0.15, -0.1) is 0 Å². The van der Waals surface area contributed by atoms with Crippen molar-refractivity contribution in [2.45, 2.75) is 19.4 Å². The fraction of sp³-hybridized carbons (Fsp3) is 0.227. The van der Waals surface area contributed by atoms with E-state index >= 15 is 0 Å². The minimum absolute atomic E-state index is 0.0687. The number of carbonyl (C=O) groups is 1. The molecule has 0 bridgehead atoms. The van der Waals surface area contributed by atoms with Crippen LogP contribution in [0.25, 0.3) is 12.2 Å². The van der Waals surface area contributed by atoms with Crippen molar-refractivity contribution in [1.82, 2.24) is 0 Å². The Kier molecular flexibility index (Phi) is 4.85. The van der Waals surface area contributed by atoms with Gasteiger partial charge in [-0.05, 0) is 61.9 Å². The Morgan fingerprint density at radius 2 is 1.81 bits per heavy atom. The predicted molar refractivity (Wildman–Crippen MR) is 103 cm³/mol. The molecule has 134 valence electrons. The molecule has 0 atom stereocenters. The molecule has 0 saturated heterocycles. The molecule has 2 aromatic carbocycles. The third kappa shape index (κ3) is 3.80. The predicted octanol–water partition coefficient (Wildman–Crippen LogP) is 4.78. The highest BCUT2D eigenvalue weighted by Crippen LogP contribution is 2.32. The lowest BCUT2D eigenvalue weighted by Crippen LogP contribution is -2.27. The quantitative estimate of drug-likeness (QED) is 0.575. The number of fused-ring (bicyclic) bond motifs is 1. The molecule has 1 aliphatic rings. The monoisotopic (exact) mass is 350 g/mol.